The van der Waals surface area contributed by atoms with Gasteiger partial charge in [-0.15, -0.1) is 0 Å². The normalized spacial score (nSPS) is 26.8. The van der Waals surface area contributed by atoms with Crippen LogP contribution in [0.1, 0.15) is 52.9 Å². The summed E-state index contributed by atoms with van der Waals surface area (Å²) >= 11 is 0. The van der Waals surface area contributed by atoms with E-state index in [4.69, 9.17) is 4.74 Å². The van der Waals surface area contributed by atoms with Crippen molar-refractivity contribution in [3.8, 4) is 0 Å². The molecule has 0 spiro atoms. The van der Waals surface area contributed by atoms with Crippen LogP contribution in [-0.4, -0.2) is 23.4 Å². The second-order valence-corrected chi connectivity index (χ2v) is 4.79. The summed E-state index contributed by atoms with van der Waals surface area (Å²) in [5.74, 6) is 0.342. The van der Waals surface area contributed by atoms with Crippen molar-refractivity contribution in [1.82, 2.24) is 0 Å². The highest BCUT2D eigenvalue weighted by atomic mass is 16.5. The summed E-state index contributed by atoms with van der Waals surface area (Å²) in [5.41, 5.74) is -0.480. The van der Waals surface area contributed by atoms with Crippen LogP contribution in [0.2, 0.25) is 0 Å². The van der Waals surface area contributed by atoms with Crippen LogP contribution in [0, 0.1) is 5.92 Å². The molecule has 2 nitrogen and oxygen atoms in total. The van der Waals surface area contributed by atoms with Gasteiger partial charge in [-0.1, -0.05) is 20.8 Å². The molecule has 1 fully saturated rings. The van der Waals surface area contributed by atoms with E-state index in [2.05, 4.69) is 20.8 Å². The number of aliphatic hydroxyl groups is 1. The molecule has 1 rings (SSSR count). The molecule has 0 saturated carbocycles. The minimum absolute atomic E-state index is 0.342. The zero-order valence-corrected chi connectivity index (χ0v) is 9.75. The number of hydrogen-bond acceptors (Lipinski definition) is 2. The minimum atomic E-state index is -0.480. The van der Waals surface area contributed by atoms with Crippen molar-refractivity contribution in [1.29, 1.82) is 0 Å². The Morgan fingerprint density at radius 1 is 1.50 bits per heavy atom. The third kappa shape index (κ3) is 2.96. The third-order valence-corrected chi connectivity index (χ3v) is 3.61. The van der Waals surface area contributed by atoms with Gasteiger partial charge in [0.2, 0.25) is 0 Å². The maximum Gasteiger partial charge on any atom is 0.0668 e. The van der Waals surface area contributed by atoms with Crippen LogP contribution in [-0.2, 0) is 4.74 Å². The number of rotatable bonds is 5. The van der Waals surface area contributed by atoms with Gasteiger partial charge in [0.15, 0.2) is 0 Å². The van der Waals surface area contributed by atoms with E-state index in [1.807, 2.05) is 0 Å². The molecule has 0 aliphatic carbocycles. The third-order valence-electron chi connectivity index (χ3n) is 3.61. The maximum atomic E-state index is 10.3. The summed E-state index contributed by atoms with van der Waals surface area (Å²) in [6.07, 6.45) is 5.52. The molecular formula is C12H24O2. The van der Waals surface area contributed by atoms with Gasteiger partial charge in [0.25, 0.3) is 0 Å². The smallest absolute Gasteiger partial charge is 0.0668 e. The van der Waals surface area contributed by atoms with Gasteiger partial charge >= 0.3 is 0 Å². The van der Waals surface area contributed by atoms with Gasteiger partial charge in [-0.05, 0) is 38.0 Å². The molecule has 1 N–H and O–H groups in total. The predicted molar refractivity (Wildman–Crippen MR) is 58.3 cm³/mol. The SMILES string of the molecule is CCC(O)(CCC1CCCO1)C(C)C. The molecule has 0 amide bonds. The van der Waals surface area contributed by atoms with Crippen LogP contribution < -0.4 is 0 Å². The molecule has 14 heavy (non-hydrogen) atoms. The molecule has 1 aliphatic rings. The molecule has 1 saturated heterocycles. The lowest BCUT2D eigenvalue weighted by atomic mass is 9.83. The van der Waals surface area contributed by atoms with E-state index in [1.54, 1.807) is 0 Å². The first-order chi connectivity index (χ1) is 6.58. The molecule has 1 aliphatic heterocycles. The molecule has 0 radical (unpaired) electrons. The van der Waals surface area contributed by atoms with Crippen molar-refractivity contribution in [2.75, 3.05) is 6.61 Å². The maximum absolute atomic E-state index is 10.3. The lowest BCUT2D eigenvalue weighted by Gasteiger charge is -2.32. The monoisotopic (exact) mass is 200 g/mol. The Morgan fingerprint density at radius 3 is 2.64 bits per heavy atom. The predicted octanol–water partition coefficient (Wildman–Crippen LogP) is 2.74. The molecular weight excluding hydrogens is 176 g/mol. The van der Waals surface area contributed by atoms with Gasteiger partial charge in [-0.3, -0.25) is 0 Å². The zero-order valence-electron chi connectivity index (χ0n) is 9.75. The fraction of sp³-hybridized carbons (Fsp3) is 1.00. The van der Waals surface area contributed by atoms with Gasteiger partial charge in [0.05, 0.1) is 11.7 Å². The molecule has 1 heterocycles. The van der Waals surface area contributed by atoms with Crippen LogP contribution in [0.3, 0.4) is 0 Å². The molecule has 0 aromatic rings. The van der Waals surface area contributed by atoms with Gasteiger partial charge in [0, 0.05) is 6.61 Å². The fourth-order valence-corrected chi connectivity index (χ4v) is 2.16. The van der Waals surface area contributed by atoms with Crippen LogP contribution in [0.25, 0.3) is 0 Å². The molecule has 2 atom stereocenters. The summed E-state index contributed by atoms with van der Waals surface area (Å²) in [6.45, 7) is 7.17. The summed E-state index contributed by atoms with van der Waals surface area (Å²) < 4.78 is 5.56. The van der Waals surface area contributed by atoms with E-state index in [-0.39, 0.29) is 0 Å². The van der Waals surface area contributed by atoms with Gasteiger partial charge in [0.1, 0.15) is 0 Å². The summed E-state index contributed by atoms with van der Waals surface area (Å²) in [5, 5.41) is 10.3. The molecule has 0 bridgehead atoms. The molecule has 84 valence electrons. The summed E-state index contributed by atoms with van der Waals surface area (Å²) in [6, 6.07) is 0. The minimum Gasteiger partial charge on any atom is -0.390 e. The average Bonchev–Trinajstić information content (AvgIpc) is 2.66. The second kappa shape index (κ2) is 5.13. The molecule has 0 aromatic carbocycles. The highest BCUT2D eigenvalue weighted by molar-refractivity contribution is 4.82. The highest BCUT2D eigenvalue weighted by Crippen LogP contribution is 2.29. The van der Waals surface area contributed by atoms with Crippen LogP contribution in [0.5, 0.6) is 0 Å². The van der Waals surface area contributed by atoms with E-state index in [0.717, 1.165) is 25.9 Å². The molecule has 2 heteroatoms. The van der Waals surface area contributed by atoms with Crippen molar-refractivity contribution in [2.24, 2.45) is 5.92 Å². The first-order valence-electron chi connectivity index (χ1n) is 5.92. The Kier molecular flexibility index (Phi) is 4.39. The number of hydrogen-bond donors (Lipinski definition) is 1. The van der Waals surface area contributed by atoms with Crippen molar-refractivity contribution in [2.45, 2.75) is 64.6 Å². The Labute approximate surface area is 87.7 Å². The zero-order chi connectivity index (χ0) is 10.6. The van der Waals surface area contributed by atoms with Gasteiger partial charge in [-0.25, -0.2) is 0 Å². The van der Waals surface area contributed by atoms with Crippen molar-refractivity contribution < 1.29 is 9.84 Å². The Balaban J connectivity index is 2.32. The van der Waals surface area contributed by atoms with Crippen LogP contribution in [0.4, 0.5) is 0 Å². The van der Waals surface area contributed by atoms with Crippen molar-refractivity contribution >= 4 is 0 Å². The first kappa shape index (κ1) is 12.0. The molecule has 0 aromatic heterocycles. The second-order valence-electron chi connectivity index (χ2n) is 4.79. The van der Waals surface area contributed by atoms with Crippen molar-refractivity contribution in [3.05, 3.63) is 0 Å². The van der Waals surface area contributed by atoms with Crippen LogP contribution >= 0.6 is 0 Å². The van der Waals surface area contributed by atoms with E-state index in [1.165, 1.54) is 12.8 Å². The van der Waals surface area contributed by atoms with Crippen LogP contribution in [0.15, 0.2) is 0 Å². The lowest BCUT2D eigenvalue weighted by Crippen LogP contribution is -2.35. The van der Waals surface area contributed by atoms with Crippen molar-refractivity contribution in [3.63, 3.8) is 0 Å². The van der Waals surface area contributed by atoms with E-state index in [9.17, 15) is 5.11 Å². The summed E-state index contributed by atoms with van der Waals surface area (Å²) in [7, 11) is 0. The average molecular weight is 200 g/mol. The van der Waals surface area contributed by atoms with E-state index in [0.29, 0.717) is 12.0 Å². The molecule has 2 unspecified atom stereocenters. The topological polar surface area (TPSA) is 29.5 Å². The largest absolute Gasteiger partial charge is 0.390 e. The highest BCUT2D eigenvalue weighted by Gasteiger charge is 2.30. The quantitative estimate of drug-likeness (QED) is 0.739. The summed E-state index contributed by atoms with van der Waals surface area (Å²) in [4.78, 5) is 0. The van der Waals surface area contributed by atoms with Gasteiger partial charge in [-0.2, -0.15) is 0 Å². The van der Waals surface area contributed by atoms with Gasteiger partial charge < -0.3 is 9.84 Å². The Morgan fingerprint density at radius 2 is 2.21 bits per heavy atom. The first-order valence-corrected chi connectivity index (χ1v) is 5.92. The number of ether oxygens (including phenoxy) is 1. The van der Waals surface area contributed by atoms with E-state index < -0.39 is 5.60 Å². The van der Waals surface area contributed by atoms with E-state index >= 15 is 0 Å². The fourth-order valence-electron chi connectivity index (χ4n) is 2.16. The standard InChI is InChI=1S/C12H24O2/c1-4-12(13,10(2)3)8-7-11-6-5-9-14-11/h10-11,13H,4-9H2,1-3H3. The lowest BCUT2D eigenvalue weighted by molar-refractivity contribution is -0.0297. The Bertz CT molecular complexity index is 162. The Hall–Kier alpha value is -0.0800.